The van der Waals surface area contributed by atoms with Crippen LogP contribution in [0, 0.1) is 6.92 Å². The second-order valence-electron chi connectivity index (χ2n) is 4.52. The van der Waals surface area contributed by atoms with Crippen molar-refractivity contribution < 1.29 is 9.53 Å². The van der Waals surface area contributed by atoms with Gasteiger partial charge in [0.15, 0.2) is 0 Å². The Morgan fingerprint density at radius 3 is 2.67 bits per heavy atom. The van der Waals surface area contributed by atoms with Gasteiger partial charge in [-0.25, -0.2) is 9.78 Å². The number of anilines is 1. The molecule has 21 heavy (non-hydrogen) atoms. The van der Waals surface area contributed by atoms with E-state index in [1.54, 1.807) is 26.2 Å². The Labute approximate surface area is 128 Å². The Balaban J connectivity index is 2.46. The van der Waals surface area contributed by atoms with Crippen LogP contribution in [0.3, 0.4) is 0 Å². The number of hydrogen-bond donors (Lipinski definition) is 1. The Bertz CT molecular complexity index is 660. The van der Waals surface area contributed by atoms with Crippen LogP contribution in [-0.4, -0.2) is 22.5 Å². The number of nitrogens with two attached hydrogens (primary N) is 1. The van der Waals surface area contributed by atoms with Gasteiger partial charge in [0.25, 0.3) is 0 Å². The van der Waals surface area contributed by atoms with Gasteiger partial charge >= 0.3 is 5.97 Å². The van der Waals surface area contributed by atoms with E-state index >= 15 is 0 Å². The van der Waals surface area contributed by atoms with Gasteiger partial charge in [-0.05, 0) is 42.7 Å². The Hall–Kier alpha value is -2.14. The number of nitrogens with zero attached hydrogens (tertiary/aromatic N) is 2. The number of carbonyl (C=O) groups excluding carboxylic acids is 1. The number of aromatic nitrogens is 2. The molecule has 0 aliphatic rings. The van der Waals surface area contributed by atoms with Crippen molar-refractivity contribution in [3.63, 3.8) is 0 Å². The summed E-state index contributed by atoms with van der Waals surface area (Å²) in [6, 6.07) is 3.77. The molecule has 0 saturated heterocycles. The van der Waals surface area contributed by atoms with Crippen molar-refractivity contribution >= 4 is 23.4 Å². The first-order valence-electron chi connectivity index (χ1n) is 6.55. The van der Waals surface area contributed by atoms with Crippen molar-refractivity contribution in [2.45, 2.75) is 20.3 Å². The third-order valence-corrected chi connectivity index (χ3v) is 3.47. The number of rotatable bonds is 4. The summed E-state index contributed by atoms with van der Waals surface area (Å²) in [5, 5.41) is 0.301. The lowest BCUT2D eigenvalue weighted by atomic mass is 9.99. The smallest absolute Gasteiger partial charge is 0.342 e. The van der Waals surface area contributed by atoms with E-state index in [1.807, 2.05) is 12.1 Å². The Morgan fingerprint density at radius 2 is 2.05 bits per heavy atom. The third-order valence-electron chi connectivity index (χ3n) is 3.16. The van der Waals surface area contributed by atoms with Crippen molar-refractivity contribution in [2.24, 2.45) is 0 Å². The van der Waals surface area contributed by atoms with Gasteiger partial charge in [-0.2, -0.15) is 0 Å². The lowest BCUT2D eigenvalue weighted by Crippen LogP contribution is -2.14. The number of hydrogen-bond acceptors (Lipinski definition) is 5. The fourth-order valence-corrected chi connectivity index (χ4v) is 2.40. The van der Waals surface area contributed by atoms with E-state index in [0.717, 1.165) is 11.1 Å². The Kier molecular flexibility index (Phi) is 4.75. The van der Waals surface area contributed by atoms with Crippen LogP contribution < -0.4 is 5.73 Å². The first-order chi connectivity index (χ1) is 10.0. The van der Waals surface area contributed by atoms with Crippen molar-refractivity contribution in [1.29, 1.82) is 0 Å². The molecule has 0 spiro atoms. The lowest BCUT2D eigenvalue weighted by molar-refractivity contribution is 0.0526. The zero-order valence-corrected chi connectivity index (χ0v) is 12.6. The first kappa shape index (κ1) is 15.3. The zero-order valence-electron chi connectivity index (χ0n) is 11.9. The molecule has 0 saturated carbocycles. The van der Waals surface area contributed by atoms with Crippen LogP contribution in [0.25, 0.3) is 0 Å². The molecular weight excluding hydrogens is 290 g/mol. The minimum absolute atomic E-state index is 0.0921. The average molecular weight is 306 g/mol. The predicted molar refractivity (Wildman–Crippen MR) is 81.4 cm³/mol. The molecule has 2 N–H and O–H groups in total. The van der Waals surface area contributed by atoms with Gasteiger partial charge in [0, 0.05) is 18.8 Å². The molecule has 2 aromatic rings. The molecule has 0 atom stereocenters. The normalized spacial score (nSPS) is 10.4. The van der Waals surface area contributed by atoms with Crippen LogP contribution >= 0.6 is 11.6 Å². The van der Waals surface area contributed by atoms with Crippen molar-refractivity contribution in [1.82, 2.24) is 9.97 Å². The number of halogens is 1. The van der Waals surface area contributed by atoms with E-state index in [4.69, 9.17) is 22.1 Å². The summed E-state index contributed by atoms with van der Waals surface area (Å²) >= 11 is 6.18. The number of ether oxygens (including phenoxy) is 1. The highest BCUT2D eigenvalue weighted by atomic mass is 35.5. The number of pyridine rings is 2. The predicted octanol–water partition coefficient (Wildman–Crippen LogP) is 2.79. The average Bonchev–Trinajstić information content (AvgIpc) is 2.44. The molecule has 2 heterocycles. The molecule has 0 amide bonds. The standard InChI is InChI=1S/C15H16ClN3O2/c1-3-21-15(20)12-9(2)11(13(16)19-14(12)17)8-10-4-6-18-7-5-10/h4-7H,3,8H2,1-2H3,(H2,17,19). The number of nitrogen functional groups attached to an aromatic ring is 1. The Morgan fingerprint density at radius 1 is 1.38 bits per heavy atom. The molecule has 5 nitrogen and oxygen atoms in total. The molecule has 2 aromatic heterocycles. The second kappa shape index (κ2) is 6.54. The number of esters is 1. The molecule has 0 radical (unpaired) electrons. The molecule has 0 fully saturated rings. The summed E-state index contributed by atoms with van der Waals surface area (Å²) in [6.45, 7) is 3.82. The third kappa shape index (κ3) is 3.31. The first-order valence-corrected chi connectivity index (χ1v) is 6.92. The monoisotopic (exact) mass is 305 g/mol. The van der Waals surface area contributed by atoms with Crippen LogP contribution in [-0.2, 0) is 11.2 Å². The molecule has 0 bridgehead atoms. The van der Waals surface area contributed by atoms with Crippen molar-refractivity contribution in [2.75, 3.05) is 12.3 Å². The maximum absolute atomic E-state index is 12.0. The van der Waals surface area contributed by atoms with E-state index in [2.05, 4.69) is 9.97 Å². The minimum atomic E-state index is -0.479. The molecule has 110 valence electrons. The summed E-state index contributed by atoms with van der Waals surface area (Å²) < 4.78 is 5.02. The SMILES string of the molecule is CCOC(=O)c1c(N)nc(Cl)c(Cc2ccncc2)c1C. The van der Waals surface area contributed by atoms with E-state index < -0.39 is 5.97 Å². The number of carbonyl (C=O) groups is 1. The van der Waals surface area contributed by atoms with Gasteiger partial charge < -0.3 is 10.5 Å². The fraction of sp³-hybridized carbons (Fsp3) is 0.267. The zero-order chi connectivity index (χ0) is 15.4. The fourth-order valence-electron chi connectivity index (χ4n) is 2.10. The molecule has 0 aliphatic heterocycles. The summed E-state index contributed by atoms with van der Waals surface area (Å²) in [4.78, 5) is 20.0. The van der Waals surface area contributed by atoms with Gasteiger partial charge in [0.2, 0.25) is 0 Å². The highest BCUT2D eigenvalue weighted by Gasteiger charge is 2.21. The molecule has 0 aromatic carbocycles. The topological polar surface area (TPSA) is 78.1 Å². The van der Waals surface area contributed by atoms with E-state index in [0.29, 0.717) is 17.1 Å². The highest BCUT2D eigenvalue weighted by Crippen LogP contribution is 2.27. The maximum atomic E-state index is 12.0. The van der Waals surface area contributed by atoms with Crippen LogP contribution in [0.15, 0.2) is 24.5 Å². The maximum Gasteiger partial charge on any atom is 0.342 e. The second-order valence-corrected chi connectivity index (χ2v) is 4.88. The summed E-state index contributed by atoms with van der Waals surface area (Å²) in [5.41, 5.74) is 8.58. The quantitative estimate of drug-likeness (QED) is 0.694. The lowest BCUT2D eigenvalue weighted by Gasteiger charge is -2.14. The summed E-state index contributed by atoms with van der Waals surface area (Å²) in [6.07, 6.45) is 3.96. The highest BCUT2D eigenvalue weighted by molar-refractivity contribution is 6.30. The minimum Gasteiger partial charge on any atom is -0.462 e. The summed E-state index contributed by atoms with van der Waals surface area (Å²) in [5.74, 6) is -0.387. The van der Waals surface area contributed by atoms with E-state index in [9.17, 15) is 4.79 Å². The van der Waals surface area contributed by atoms with Crippen LogP contribution in [0.2, 0.25) is 5.15 Å². The summed E-state index contributed by atoms with van der Waals surface area (Å²) in [7, 11) is 0. The van der Waals surface area contributed by atoms with E-state index in [1.165, 1.54) is 0 Å². The molecular formula is C15H16ClN3O2. The van der Waals surface area contributed by atoms with Crippen LogP contribution in [0.5, 0.6) is 0 Å². The van der Waals surface area contributed by atoms with Gasteiger partial charge in [-0.1, -0.05) is 11.6 Å². The molecule has 2 rings (SSSR count). The van der Waals surface area contributed by atoms with Crippen LogP contribution in [0.4, 0.5) is 5.82 Å². The van der Waals surface area contributed by atoms with Crippen LogP contribution in [0.1, 0.15) is 34.0 Å². The van der Waals surface area contributed by atoms with Crippen molar-refractivity contribution in [3.8, 4) is 0 Å². The van der Waals surface area contributed by atoms with Crippen molar-refractivity contribution in [3.05, 3.63) is 51.9 Å². The molecule has 0 aliphatic carbocycles. The largest absolute Gasteiger partial charge is 0.462 e. The van der Waals surface area contributed by atoms with Gasteiger partial charge in [0.05, 0.1) is 6.61 Å². The molecule has 0 unspecified atom stereocenters. The van der Waals surface area contributed by atoms with Gasteiger partial charge in [0.1, 0.15) is 16.5 Å². The van der Waals surface area contributed by atoms with Gasteiger partial charge in [-0.15, -0.1) is 0 Å². The van der Waals surface area contributed by atoms with E-state index in [-0.39, 0.29) is 18.0 Å². The van der Waals surface area contributed by atoms with Gasteiger partial charge in [-0.3, -0.25) is 4.98 Å². The molecule has 6 heteroatoms.